The fraction of sp³-hybridized carbons (Fsp3) is 0.526. The van der Waals surface area contributed by atoms with Crippen LogP contribution in [0, 0.1) is 6.92 Å². The standard InChI is InChI=1S/C19H24N4O3/c1-13-5-2-6-14(11-13)17-21-18(26-22-17)16-8-3-9-23(16)19(24)20-12-15-7-4-10-25-15/h2,5-6,11,15-16H,3-4,7-10,12H2,1H3,(H,20,24)/t15-,16-/m1/s1. The lowest BCUT2D eigenvalue weighted by Crippen LogP contribution is -2.42. The number of hydrogen-bond donors (Lipinski definition) is 1. The van der Waals surface area contributed by atoms with Crippen molar-refractivity contribution in [2.24, 2.45) is 0 Å². The normalized spacial score (nSPS) is 22.7. The Hall–Kier alpha value is -2.41. The Morgan fingerprint density at radius 1 is 1.35 bits per heavy atom. The summed E-state index contributed by atoms with van der Waals surface area (Å²) in [5.41, 5.74) is 2.07. The van der Waals surface area contributed by atoms with E-state index in [4.69, 9.17) is 9.26 Å². The van der Waals surface area contributed by atoms with Gasteiger partial charge in [0.25, 0.3) is 0 Å². The molecule has 2 fully saturated rings. The summed E-state index contributed by atoms with van der Waals surface area (Å²) < 4.78 is 11.1. The Labute approximate surface area is 152 Å². The van der Waals surface area contributed by atoms with Crippen molar-refractivity contribution < 1.29 is 14.1 Å². The lowest BCUT2D eigenvalue weighted by Gasteiger charge is -2.23. The lowest BCUT2D eigenvalue weighted by molar-refractivity contribution is 0.108. The van der Waals surface area contributed by atoms with Crippen molar-refractivity contribution in [2.75, 3.05) is 19.7 Å². The highest BCUT2D eigenvalue weighted by Gasteiger charge is 2.34. The maximum atomic E-state index is 12.6. The van der Waals surface area contributed by atoms with Gasteiger partial charge in [0.05, 0.1) is 6.10 Å². The smallest absolute Gasteiger partial charge is 0.318 e. The van der Waals surface area contributed by atoms with Gasteiger partial charge in [-0.05, 0) is 38.7 Å². The first-order valence-corrected chi connectivity index (χ1v) is 9.27. The van der Waals surface area contributed by atoms with Crippen molar-refractivity contribution in [3.8, 4) is 11.4 Å². The highest BCUT2D eigenvalue weighted by molar-refractivity contribution is 5.75. The third-order valence-electron chi connectivity index (χ3n) is 5.02. The number of nitrogens with zero attached hydrogens (tertiary/aromatic N) is 3. The summed E-state index contributed by atoms with van der Waals surface area (Å²) in [4.78, 5) is 18.9. The topological polar surface area (TPSA) is 80.5 Å². The van der Waals surface area contributed by atoms with Crippen LogP contribution in [0.1, 0.15) is 43.2 Å². The quantitative estimate of drug-likeness (QED) is 0.910. The number of ether oxygens (including phenoxy) is 1. The molecule has 2 amide bonds. The second kappa shape index (κ2) is 7.45. The monoisotopic (exact) mass is 356 g/mol. The molecule has 138 valence electrons. The first kappa shape index (κ1) is 17.0. The van der Waals surface area contributed by atoms with E-state index in [1.807, 2.05) is 31.2 Å². The molecule has 7 nitrogen and oxygen atoms in total. The van der Waals surface area contributed by atoms with Gasteiger partial charge in [0.15, 0.2) is 0 Å². The molecule has 1 aromatic heterocycles. The number of hydrogen-bond acceptors (Lipinski definition) is 5. The summed E-state index contributed by atoms with van der Waals surface area (Å²) in [6, 6.07) is 7.74. The number of aryl methyl sites for hydroxylation is 1. The van der Waals surface area contributed by atoms with Crippen LogP contribution in [0.5, 0.6) is 0 Å². The average molecular weight is 356 g/mol. The van der Waals surface area contributed by atoms with E-state index >= 15 is 0 Å². The number of rotatable bonds is 4. The SMILES string of the molecule is Cc1cccc(-c2noc([C@H]3CCCN3C(=O)NC[C@H]3CCCO3)n2)c1. The predicted molar refractivity (Wildman–Crippen MR) is 95.5 cm³/mol. The minimum absolute atomic E-state index is 0.0849. The second-order valence-corrected chi connectivity index (χ2v) is 7.00. The molecular weight excluding hydrogens is 332 g/mol. The maximum absolute atomic E-state index is 12.6. The van der Waals surface area contributed by atoms with E-state index in [0.717, 1.165) is 43.4 Å². The summed E-state index contributed by atoms with van der Waals surface area (Å²) in [6.45, 7) is 4.07. The average Bonchev–Trinajstić information content (AvgIpc) is 3.40. The van der Waals surface area contributed by atoms with Crippen molar-refractivity contribution in [3.05, 3.63) is 35.7 Å². The number of nitrogens with one attached hydrogen (secondary N) is 1. The third kappa shape index (κ3) is 3.58. The van der Waals surface area contributed by atoms with Gasteiger partial charge in [-0.1, -0.05) is 28.9 Å². The van der Waals surface area contributed by atoms with Crippen LogP contribution in [0.25, 0.3) is 11.4 Å². The van der Waals surface area contributed by atoms with Gasteiger partial charge in [0.1, 0.15) is 6.04 Å². The molecule has 4 rings (SSSR count). The molecule has 0 unspecified atom stereocenters. The van der Waals surface area contributed by atoms with Crippen LogP contribution in [0.15, 0.2) is 28.8 Å². The van der Waals surface area contributed by atoms with Gasteiger partial charge in [-0.2, -0.15) is 4.98 Å². The van der Waals surface area contributed by atoms with Crippen LogP contribution in [-0.4, -0.2) is 46.9 Å². The van der Waals surface area contributed by atoms with Crippen LogP contribution in [0.4, 0.5) is 4.79 Å². The number of benzene rings is 1. The van der Waals surface area contributed by atoms with Crippen LogP contribution in [0.3, 0.4) is 0 Å². The number of carbonyl (C=O) groups excluding carboxylic acids is 1. The van der Waals surface area contributed by atoms with Crippen molar-refractivity contribution >= 4 is 6.03 Å². The van der Waals surface area contributed by atoms with Gasteiger partial charge in [-0.3, -0.25) is 0 Å². The van der Waals surface area contributed by atoms with E-state index < -0.39 is 0 Å². The summed E-state index contributed by atoms with van der Waals surface area (Å²) in [5, 5.41) is 7.09. The molecule has 0 aliphatic carbocycles. The van der Waals surface area contributed by atoms with Gasteiger partial charge in [-0.25, -0.2) is 4.79 Å². The van der Waals surface area contributed by atoms with E-state index in [1.165, 1.54) is 0 Å². The molecule has 1 aromatic carbocycles. The van der Waals surface area contributed by atoms with Gasteiger partial charge in [0.2, 0.25) is 11.7 Å². The van der Waals surface area contributed by atoms with Gasteiger partial charge < -0.3 is 19.5 Å². The van der Waals surface area contributed by atoms with Gasteiger partial charge in [0, 0.05) is 25.3 Å². The molecule has 2 aromatic rings. The molecule has 26 heavy (non-hydrogen) atoms. The molecule has 3 heterocycles. The zero-order valence-corrected chi connectivity index (χ0v) is 15.0. The van der Waals surface area contributed by atoms with Crippen molar-refractivity contribution in [3.63, 3.8) is 0 Å². The molecule has 0 bridgehead atoms. The van der Waals surface area contributed by atoms with Crippen LogP contribution in [-0.2, 0) is 4.74 Å². The largest absolute Gasteiger partial charge is 0.376 e. The number of likely N-dealkylation sites (tertiary alicyclic amines) is 1. The van der Waals surface area contributed by atoms with E-state index in [0.29, 0.717) is 24.8 Å². The molecule has 2 aliphatic rings. The van der Waals surface area contributed by atoms with Crippen molar-refractivity contribution in [1.29, 1.82) is 0 Å². The molecule has 2 atom stereocenters. The lowest BCUT2D eigenvalue weighted by atomic mass is 10.1. The number of aromatic nitrogens is 2. The molecular formula is C19H24N4O3. The minimum atomic E-state index is -0.162. The third-order valence-corrected chi connectivity index (χ3v) is 5.02. The second-order valence-electron chi connectivity index (χ2n) is 7.00. The first-order valence-electron chi connectivity index (χ1n) is 9.27. The Bertz CT molecular complexity index is 770. The van der Waals surface area contributed by atoms with E-state index in [-0.39, 0.29) is 18.2 Å². The van der Waals surface area contributed by atoms with Crippen molar-refractivity contribution in [1.82, 2.24) is 20.4 Å². The van der Waals surface area contributed by atoms with E-state index in [1.54, 1.807) is 4.90 Å². The Morgan fingerprint density at radius 2 is 2.27 bits per heavy atom. The minimum Gasteiger partial charge on any atom is -0.376 e. The number of urea groups is 1. The molecule has 0 spiro atoms. The summed E-state index contributed by atoms with van der Waals surface area (Å²) in [5.74, 6) is 1.07. The first-order chi connectivity index (χ1) is 12.7. The summed E-state index contributed by atoms with van der Waals surface area (Å²) >= 11 is 0. The fourth-order valence-electron chi connectivity index (χ4n) is 3.65. The molecule has 2 aliphatic heterocycles. The zero-order valence-electron chi connectivity index (χ0n) is 15.0. The molecule has 7 heteroatoms. The van der Waals surface area contributed by atoms with Crippen LogP contribution in [0.2, 0.25) is 0 Å². The Morgan fingerprint density at radius 3 is 3.08 bits per heavy atom. The predicted octanol–water partition coefficient (Wildman–Crippen LogP) is 3.07. The van der Waals surface area contributed by atoms with Gasteiger partial charge >= 0.3 is 6.03 Å². The van der Waals surface area contributed by atoms with Gasteiger partial charge in [-0.15, -0.1) is 0 Å². The Balaban J connectivity index is 1.43. The Kier molecular flexibility index (Phi) is 4.88. The van der Waals surface area contributed by atoms with E-state index in [9.17, 15) is 4.79 Å². The maximum Gasteiger partial charge on any atom is 0.318 e. The van der Waals surface area contributed by atoms with E-state index in [2.05, 4.69) is 15.5 Å². The molecule has 0 radical (unpaired) electrons. The number of amides is 2. The number of carbonyl (C=O) groups is 1. The summed E-state index contributed by atoms with van der Waals surface area (Å²) in [7, 11) is 0. The molecule has 2 saturated heterocycles. The molecule has 1 N–H and O–H groups in total. The fourth-order valence-corrected chi connectivity index (χ4v) is 3.65. The highest BCUT2D eigenvalue weighted by Crippen LogP contribution is 2.32. The highest BCUT2D eigenvalue weighted by atomic mass is 16.5. The van der Waals surface area contributed by atoms with Crippen LogP contribution >= 0.6 is 0 Å². The molecule has 0 saturated carbocycles. The van der Waals surface area contributed by atoms with Crippen LogP contribution < -0.4 is 5.32 Å². The van der Waals surface area contributed by atoms with Crippen molar-refractivity contribution in [2.45, 2.75) is 44.8 Å². The zero-order chi connectivity index (χ0) is 17.9. The summed E-state index contributed by atoms with van der Waals surface area (Å²) in [6.07, 6.45) is 3.98.